The van der Waals surface area contributed by atoms with Gasteiger partial charge in [-0.3, -0.25) is 9.78 Å². The van der Waals surface area contributed by atoms with Crippen LogP contribution in [0.2, 0.25) is 0 Å². The summed E-state index contributed by atoms with van der Waals surface area (Å²) in [5.74, 6) is 1.77. The van der Waals surface area contributed by atoms with Gasteiger partial charge in [0.2, 0.25) is 5.91 Å². The first-order valence-corrected chi connectivity index (χ1v) is 5.69. The number of terminal acetylenes is 1. The maximum absolute atomic E-state index is 13.1. The summed E-state index contributed by atoms with van der Waals surface area (Å²) < 4.78 is 13.1. The molecule has 0 bridgehead atoms. The first-order valence-electron chi connectivity index (χ1n) is 5.69. The molecule has 19 heavy (non-hydrogen) atoms. The van der Waals surface area contributed by atoms with Gasteiger partial charge in [0.15, 0.2) is 0 Å². The number of benzene rings is 1. The molecule has 0 radical (unpaired) electrons. The molecule has 0 spiro atoms. The average Bonchev–Trinajstić information content (AvgIpc) is 2.42. The van der Waals surface area contributed by atoms with Gasteiger partial charge in [-0.2, -0.15) is 0 Å². The summed E-state index contributed by atoms with van der Waals surface area (Å²) in [7, 11) is 0. The molecule has 1 heterocycles. The van der Waals surface area contributed by atoms with Crippen molar-refractivity contribution in [1.82, 2.24) is 10.3 Å². The van der Waals surface area contributed by atoms with E-state index in [9.17, 15) is 9.18 Å². The van der Waals surface area contributed by atoms with Gasteiger partial charge in [0.25, 0.3) is 0 Å². The highest BCUT2D eigenvalue weighted by molar-refractivity contribution is 5.92. The summed E-state index contributed by atoms with van der Waals surface area (Å²) in [6, 6.07) is 6.06. The van der Waals surface area contributed by atoms with Crippen molar-refractivity contribution in [2.24, 2.45) is 0 Å². The number of hydrogen-bond donors (Lipinski definition) is 2. The van der Waals surface area contributed by atoms with Crippen LogP contribution >= 0.6 is 0 Å². The lowest BCUT2D eigenvalue weighted by molar-refractivity contribution is -0.119. The Morgan fingerprint density at radius 2 is 2.26 bits per heavy atom. The second-order valence-electron chi connectivity index (χ2n) is 3.85. The van der Waals surface area contributed by atoms with Gasteiger partial charge in [-0.25, -0.2) is 4.39 Å². The van der Waals surface area contributed by atoms with E-state index in [1.165, 1.54) is 12.1 Å². The molecule has 2 aromatic rings. The van der Waals surface area contributed by atoms with Gasteiger partial charge in [-0.1, -0.05) is 5.92 Å². The summed E-state index contributed by atoms with van der Waals surface area (Å²) in [6.45, 7) is 0.293. The van der Waals surface area contributed by atoms with Crippen LogP contribution in [0.4, 0.5) is 10.1 Å². The monoisotopic (exact) mass is 257 g/mol. The number of hydrogen-bond acceptors (Lipinski definition) is 3. The average molecular weight is 257 g/mol. The highest BCUT2D eigenvalue weighted by Crippen LogP contribution is 2.21. The molecular weight excluding hydrogens is 245 g/mol. The summed E-state index contributed by atoms with van der Waals surface area (Å²) in [5, 5.41) is 6.28. The largest absolute Gasteiger partial charge is 0.376 e. The molecule has 0 aliphatic rings. The van der Waals surface area contributed by atoms with Crippen molar-refractivity contribution in [3.8, 4) is 12.3 Å². The fourth-order valence-electron chi connectivity index (χ4n) is 1.66. The molecule has 1 amide bonds. The molecule has 1 aromatic carbocycles. The lowest BCUT2D eigenvalue weighted by Gasteiger charge is -2.09. The zero-order chi connectivity index (χ0) is 13.7. The number of carbonyl (C=O) groups excluding carboxylic acids is 1. The van der Waals surface area contributed by atoms with E-state index in [0.29, 0.717) is 5.52 Å². The van der Waals surface area contributed by atoms with E-state index in [1.807, 2.05) is 0 Å². The summed E-state index contributed by atoms with van der Waals surface area (Å²) in [5.41, 5.74) is 1.26. The van der Waals surface area contributed by atoms with Gasteiger partial charge in [0.05, 0.1) is 18.6 Å². The molecule has 4 nitrogen and oxygen atoms in total. The molecular formula is C14H12FN3O. The predicted octanol–water partition coefficient (Wildman–Crippen LogP) is 1.54. The second-order valence-corrected chi connectivity index (χ2v) is 3.85. The highest BCUT2D eigenvalue weighted by atomic mass is 19.1. The Bertz CT molecular complexity index is 649. The quantitative estimate of drug-likeness (QED) is 0.817. The molecule has 2 rings (SSSR count). The van der Waals surface area contributed by atoms with E-state index in [2.05, 4.69) is 21.5 Å². The molecule has 5 heteroatoms. The first kappa shape index (κ1) is 12.8. The third-order valence-corrected chi connectivity index (χ3v) is 2.53. The highest BCUT2D eigenvalue weighted by Gasteiger charge is 2.05. The van der Waals surface area contributed by atoms with Crippen molar-refractivity contribution in [2.75, 3.05) is 18.4 Å². The number of carbonyl (C=O) groups is 1. The van der Waals surface area contributed by atoms with Gasteiger partial charge >= 0.3 is 0 Å². The Balaban J connectivity index is 2.13. The molecule has 1 aromatic heterocycles. The van der Waals surface area contributed by atoms with Gasteiger partial charge in [0.1, 0.15) is 5.82 Å². The Kier molecular flexibility index (Phi) is 3.94. The van der Waals surface area contributed by atoms with Crippen molar-refractivity contribution >= 4 is 22.5 Å². The minimum Gasteiger partial charge on any atom is -0.376 e. The molecule has 0 aliphatic heterocycles. The normalized spacial score (nSPS) is 9.89. The van der Waals surface area contributed by atoms with Crippen molar-refractivity contribution in [2.45, 2.75) is 0 Å². The number of fused-ring (bicyclic) bond motifs is 1. The smallest absolute Gasteiger partial charge is 0.240 e. The number of halogens is 1. The molecule has 0 fully saturated rings. The number of anilines is 1. The zero-order valence-electron chi connectivity index (χ0n) is 10.1. The minimum atomic E-state index is -0.344. The number of nitrogens with zero attached hydrogens (tertiary/aromatic N) is 1. The van der Waals surface area contributed by atoms with Crippen LogP contribution in [-0.2, 0) is 4.79 Å². The van der Waals surface area contributed by atoms with Crippen molar-refractivity contribution < 1.29 is 9.18 Å². The summed E-state index contributed by atoms with van der Waals surface area (Å²) >= 11 is 0. The van der Waals surface area contributed by atoms with E-state index in [4.69, 9.17) is 6.42 Å². The number of aromatic nitrogens is 1. The van der Waals surface area contributed by atoms with Crippen LogP contribution in [0.5, 0.6) is 0 Å². The van der Waals surface area contributed by atoms with Gasteiger partial charge in [-0.05, 0) is 18.2 Å². The Labute approximate surface area is 110 Å². The lowest BCUT2D eigenvalue weighted by atomic mass is 10.2. The van der Waals surface area contributed by atoms with Crippen LogP contribution in [0, 0.1) is 18.2 Å². The summed E-state index contributed by atoms with van der Waals surface area (Å²) in [4.78, 5) is 15.5. The van der Waals surface area contributed by atoms with Crippen LogP contribution in [0.1, 0.15) is 0 Å². The molecule has 96 valence electrons. The fraction of sp³-hybridized carbons (Fsp3) is 0.143. The predicted molar refractivity (Wildman–Crippen MR) is 72.0 cm³/mol. The van der Waals surface area contributed by atoms with E-state index in [-0.39, 0.29) is 24.8 Å². The topological polar surface area (TPSA) is 54.0 Å². The number of amides is 1. The SMILES string of the molecule is C#CCNC(=O)CNc1ccnc2cc(F)ccc12. The number of rotatable bonds is 4. The van der Waals surface area contributed by atoms with E-state index in [1.54, 1.807) is 18.3 Å². The molecule has 0 aliphatic carbocycles. The van der Waals surface area contributed by atoms with Gasteiger partial charge in [0, 0.05) is 23.3 Å². The molecule has 0 saturated carbocycles. The first-order chi connectivity index (χ1) is 9.20. The molecule has 2 N–H and O–H groups in total. The Morgan fingerprint density at radius 1 is 1.42 bits per heavy atom. The maximum atomic E-state index is 13.1. The Hall–Kier alpha value is -2.61. The molecule has 0 unspecified atom stereocenters. The van der Waals surface area contributed by atoms with Crippen LogP contribution in [0.3, 0.4) is 0 Å². The van der Waals surface area contributed by atoms with Crippen LogP contribution in [0.15, 0.2) is 30.5 Å². The Morgan fingerprint density at radius 3 is 3.05 bits per heavy atom. The number of nitrogens with one attached hydrogen (secondary N) is 2. The van der Waals surface area contributed by atoms with E-state index < -0.39 is 0 Å². The third-order valence-electron chi connectivity index (χ3n) is 2.53. The van der Waals surface area contributed by atoms with Crippen LogP contribution in [-0.4, -0.2) is 24.0 Å². The maximum Gasteiger partial charge on any atom is 0.240 e. The van der Waals surface area contributed by atoms with Crippen molar-refractivity contribution in [1.29, 1.82) is 0 Å². The van der Waals surface area contributed by atoms with Crippen LogP contribution < -0.4 is 10.6 Å². The van der Waals surface area contributed by atoms with Gasteiger partial charge < -0.3 is 10.6 Å². The summed E-state index contributed by atoms with van der Waals surface area (Å²) in [6.07, 6.45) is 6.60. The second kappa shape index (κ2) is 5.83. The zero-order valence-corrected chi connectivity index (χ0v) is 10.1. The number of pyridine rings is 1. The van der Waals surface area contributed by atoms with Crippen molar-refractivity contribution in [3.63, 3.8) is 0 Å². The molecule has 0 atom stereocenters. The minimum absolute atomic E-state index is 0.0954. The molecule has 0 saturated heterocycles. The van der Waals surface area contributed by atoms with E-state index in [0.717, 1.165) is 11.1 Å². The standard InChI is InChI=1S/C14H12FN3O/c1-2-6-17-14(19)9-18-12-5-7-16-13-8-10(15)3-4-11(12)13/h1,3-5,7-8H,6,9H2,(H,16,18)(H,17,19). The van der Waals surface area contributed by atoms with Gasteiger partial charge in [-0.15, -0.1) is 6.42 Å². The fourth-order valence-corrected chi connectivity index (χ4v) is 1.66. The van der Waals surface area contributed by atoms with Crippen molar-refractivity contribution in [3.05, 3.63) is 36.3 Å². The third kappa shape index (κ3) is 3.19. The van der Waals surface area contributed by atoms with E-state index >= 15 is 0 Å². The lowest BCUT2D eigenvalue weighted by Crippen LogP contribution is -2.30. The van der Waals surface area contributed by atoms with Crippen LogP contribution in [0.25, 0.3) is 10.9 Å².